The third kappa shape index (κ3) is 4.45. The molecule has 19 heavy (non-hydrogen) atoms. The van der Waals surface area contributed by atoms with E-state index in [4.69, 9.17) is 4.55 Å². The highest BCUT2D eigenvalue weighted by atomic mass is 32.2. The number of quaternary nitrogens is 1. The van der Waals surface area contributed by atoms with Crippen molar-refractivity contribution in [3.05, 3.63) is 48.0 Å². The van der Waals surface area contributed by atoms with E-state index in [0.29, 0.717) is 12.5 Å². The zero-order valence-electron chi connectivity index (χ0n) is 10.8. The lowest BCUT2D eigenvalue weighted by Gasteiger charge is -2.30. The maximum absolute atomic E-state index is 10.8. The molecule has 0 bridgehead atoms. The van der Waals surface area contributed by atoms with Gasteiger partial charge < -0.3 is 4.90 Å². The van der Waals surface area contributed by atoms with Crippen LogP contribution in [-0.4, -0.2) is 31.8 Å². The number of nitrogens with one attached hydrogen (secondary N) is 1. The summed E-state index contributed by atoms with van der Waals surface area (Å²) in [4.78, 5) is 1.36. The van der Waals surface area contributed by atoms with Gasteiger partial charge >= 0.3 is 0 Å². The largest absolute Gasteiger partial charge is 0.325 e. The van der Waals surface area contributed by atoms with Gasteiger partial charge in [-0.1, -0.05) is 36.4 Å². The van der Waals surface area contributed by atoms with Crippen LogP contribution in [0.4, 0.5) is 0 Å². The van der Waals surface area contributed by atoms with Gasteiger partial charge in [0.05, 0.1) is 18.8 Å². The van der Waals surface area contributed by atoms with Crippen LogP contribution in [0.3, 0.4) is 0 Å². The van der Waals surface area contributed by atoms with Crippen molar-refractivity contribution in [3.8, 4) is 0 Å². The summed E-state index contributed by atoms with van der Waals surface area (Å²) in [7, 11) is -3.84. The first kappa shape index (κ1) is 14.2. The van der Waals surface area contributed by atoms with Gasteiger partial charge in [0.15, 0.2) is 0 Å². The maximum atomic E-state index is 10.8. The summed E-state index contributed by atoms with van der Waals surface area (Å²) >= 11 is 0. The highest BCUT2D eigenvalue weighted by molar-refractivity contribution is 7.85. The van der Waals surface area contributed by atoms with Gasteiger partial charge in [0.1, 0.15) is 6.04 Å². The number of rotatable bonds is 5. The van der Waals surface area contributed by atoms with Crippen LogP contribution in [0.25, 0.3) is 0 Å². The molecule has 1 aliphatic heterocycles. The van der Waals surface area contributed by atoms with Crippen LogP contribution in [0, 0.1) is 0 Å². The molecule has 0 radical (unpaired) electrons. The molecular formula is C14H20NO3S+. The fourth-order valence-corrected chi connectivity index (χ4v) is 3.10. The van der Waals surface area contributed by atoms with Crippen LogP contribution in [0.15, 0.2) is 42.5 Å². The van der Waals surface area contributed by atoms with Crippen molar-refractivity contribution in [2.24, 2.45) is 0 Å². The van der Waals surface area contributed by atoms with Gasteiger partial charge in [-0.3, -0.25) is 4.55 Å². The van der Waals surface area contributed by atoms with Crippen molar-refractivity contribution < 1.29 is 17.9 Å². The summed E-state index contributed by atoms with van der Waals surface area (Å²) in [6.07, 6.45) is 5.79. The summed E-state index contributed by atoms with van der Waals surface area (Å²) in [5.41, 5.74) is 1.29. The van der Waals surface area contributed by atoms with Crippen molar-refractivity contribution in [3.63, 3.8) is 0 Å². The molecule has 104 valence electrons. The van der Waals surface area contributed by atoms with Crippen LogP contribution < -0.4 is 4.90 Å². The molecule has 0 fully saturated rings. The third-order valence-corrected chi connectivity index (χ3v) is 4.32. The van der Waals surface area contributed by atoms with Gasteiger partial charge in [0, 0.05) is 18.4 Å². The van der Waals surface area contributed by atoms with Crippen LogP contribution in [-0.2, 0) is 10.1 Å². The second-order valence-electron chi connectivity index (χ2n) is 4.92. The molecule has 1 aliphatic rings. The zero-order chi connectivity index (χ0) is 13.7. The predicted octanol–water partition coefficient (Wildman–Crippen LogP) is 0.850. The molecule has 0 amide bonds. The first-order valence-corrected chi connectivity index (χ1v) is 8.17. The fourth-order valence-electron chi connectivity index (χ4n) is 2.59. The monoisotopic (exact) mass is 282 g/mol. The molecule has 2 atom stereocenters. The van der Waals surface area contributed by atoms with Crippen molar-refractivity contribution in [2.45, 2.75) is 18.9 Å². The Morgan fingerprint density at radius 2 is 1.95 bits per heavy atom. The van der Waals surface area contributed by atoms with Crippen LogP contribution in [0.1, 0.15) is 24.4 Å². The molecule has 0 aliphatic carbocycles. The van der Waals surface area contributed by atoms with Gasteiger partial charge in [-0.15, -0.1) is 0 Å². The highest BCUT2D eigenvalue weighted by Crippen LogP contribution is 2.15. The van der Waals surface area contributed by atoms with Crippen molar-refractivity contribution >= 4 is 10.1 Å². The first-order chi connectivity index (χ1) is 9.06. The van der Waals surface area contributed by atoms with Crippen LogP contribution in [0.2, 0.25) is 0 Å². The van der Waals surface area contributed by atoms with Crippen molar-refractivity contribution in [1.82, 2.24) is 0 Å². The van der Waals surface area contributed by atoms with Gasteiger partial charge in [0.2, 0.25) is 0 Å². The van der Waals surface area contributed by atoms with E-state index in [1.165, 1.54) is 10.5 Å². The number of hydrogen-bond donors (Lipinski definition) is 2. The molecule has 1 aromatic carbocycles. The Labute approximate surface area is 114 Å². The molecular weight excluding hydrogens is 262 g/mol. The van der Waals surface area contributed by atoms with Crippen molar-refractivity contribution in [2.75, 3.05) is 18.8 Å². The highest BCUT2D eigenvalue weighted by Gasteiger charge is 2.24. The second kappa shape index (κ2) is 6.32. The summed E-state index contributed by atoms with van der Waals surface area (Å²) in [6.45, 7) is 1.66. The Kier molecular flexibility index (Phi) is 4.74. The summed E-state index contributed by atoms with van der Waals surface area (Å²) in [5, 5.41) is 0. The summed E-state index contributed by atoms with van der Waals surface area (Å²) in [6, 6.07) is 10.7. The van der Waals surface area contributed by atoms with E-state index in [0.717, 1.165) is 19.5 Å². The Morgan fingerprint density at radius 3 is 2.63 bits per heavy atom. The Bertz CT molecular complexity index is 525. The van der Waals surface area contributed by atoms with Crippen LogP contribution >= 0.6 is 0 Å². The molecule has 0 saturated carbocycles. The van der Waals surface area contributed by atoms with E-state index in [1.807, 2.05) is 18.2 Å². The Morgan fingerprint density at radius 1 is 1.21 bits per heavy atom. The molecule has 0 saturated heterocycles. The Balaban J connectivity index is 1.99. The lowest BCUT2D eigenvalue weighted by molar-refractivity contribution is -0.927. The summed E-state index contributed by atoms with van der Waals surface area (Å²) in [5.74, 6) is -0.151. The predicted molar refractivity (Wildman–Crippen MR) is 74.7 cm³/mol. The minimum Gasteiger partial charge on any atom is -0.325 e. The van der Waals surface area contributed by atoms with Gasteiger partial charge in [-0.25, -0.2) is 0 Å². The molecule has 0 spiro atoms. The minimum atomic E-state index is -3.84. The smallest absolute Gasteiger partial charge is 0.265 e. The standard InChI is InChI=1S/C14H19NO3S/c16-19(17,18)12-6-11-15-10-5-4-9-14(15)13-7-2-1-3-8-13/h1-5,7-8,14H,6,9-12H2,(H,16,17,18)/p+1. The lowest BCUT2D eigenvalue weighted by Crippen LogP contribution is -3.12. The van der Waals surface area contributed by atoms with Crippen LogP contribution in [0.5, 0.6) is 0 Å². The minimum absolute atomic E-state index is 0.151. The SMILES string of the molecule is O=S(=O)(O)CCC[NH+]1CC=CCC1c1ccccc1. The van der Waals surface area contributed by atoms with Gasteiger partial charge in [0.25, 0.3) is 10.1 Å². The van der Waals surface area contributed by atoms with E-state index in [2.05, 4.69) is 24.3 Å². The van der Waals surface area contributed by atoms with E-state index in [9.17, 15) is 8.42 Å². The number of hydrogen-bond acceptors (Lipinski definition) is 2. The quantitative estimate of drug-likeness (QED) is 0.622. The van der Waals surface area contributed by atoms with Gasteiger partial charge in [-0.2, -0.15) is 8.42 Å². The molecule has 1 aromatic rings. The normalized spacial score (nSPS) is 23.4. The maximum Gasteiger partial charge on any atom is 0.265 e. The topological polar surface area (TPSA) is 58.8 Å². The first-order valence-electron chi connectivity index (χ1n) is 6.56. The van der Waals surface area contributed by atoms with E-state index >= 15 is 0 Å². The molecule has 2 rings (SSSR count). The second-order valence-corrected chi connectivity index (χ2v) is 6.49. The van der Waals surface area contributed by atoms with Gasteiger partial charge in [-0.05, 0) is 6.08 Å². The van der Waals surface area contributed by atoms with E-state index < -0.39 is 10.1 Å². The lowest BCUT2D eigenvalue weighted by atomic mass is 9.99. The molecule has 0 aromatic heterocycles. The summed E-state index contributed by atoms with van der Waals surface area (Å²) < 4.78 is 30.3. The fraction of sp³-hybridized carbons (Fsp3) is 0.429. The zero-order valence-corrected chi connectivity index (χ0v) is 11.6. The molecule has 5 heteroatoms. The average Bonchev–Trinajstić information content (AvgIpc) is 2.39. The van der Waals surface area contributed by atoms with Crippen molar-refractivity contribution in [1.29, 1.82) is 0 Å². The van der Waals surface area contributed by atoms with E-state index in [1.54, 1.807) is 0 Å². The van der Waals surface area contributed by atoms with E-state index in [-0.39, 0.29) is 5.75 Å². The average molecular weight is 282 g/mol. The number of benzene rings is 1. The third-order valence-electron chi connectivity index (χ3n) is 3.51. The Hall–Kier alpha value is -1.17. The molecule has 2 N–H and O–H groups in total. The molecule has 4 nitrogen and oxygen atoms in total. The molecule has 2 unspecified atom stereocenters. The molecule has 1 heterocycles.